The zero-order chi connectivity index (χ0) is 19.2. The monoisotopic (exact) mass is 354 g/mol. The third kappa shape index (κ3) is 1.71. The fourth-order valence-corrected chi connectivity index (χ4v) is 4.74. The number of aliphatic hydroxyl groups excluding tert-OH is 1. The SMILES string of the molecule is Cc1cc2c(o1)C(=O)C1=C(C(=O)C(O)=C3C(C)(C)C(=O)CCC13C)C2=O. The van der Waals surface area contributed by atoms with E-state index < -0.39 is 33.9 Å². The van der Waals surface area contributed by atoms with E-state index in [-0.39, 0.29) is 46.7 Å². The Labute approximate surface area is 149 Å². The summed E-state index contributed by atoms with van der Waals surface area (Å²) in [5, 5.41) is 10.6. The van der Waals surface area contributed by atoms with Crippen LogP contribution < -0.4 is 0 Å². The van der Waals surface area contributed by atoms with E-state index in [0.717, 1.165) is 0 Å². The fourth-order valence-electron chi connectivity index (χ4n) is 4.74. The Balaban J connectivity index is 2.04. The number of hydrogen-bond acceptors (Lipinski definition) is 6. The number of aryl methyl sites for hydroxylation is 1. The van der Waals surface area contributed by atoms with Gasteiger partial charge in [-0.15, -0.1) is 0 Å². The van der Waals surface area contributed by atoms with Gasteiger partial charge in [-0.1, -0.05) is 6.92 Å². The molecule has 6 nitrogen and oxygen atoms in total. The van der Waals surface area contributed by atoms with Crippen molar-refractivity contribution in [2.45, 2.75) is 40.5 Å². The molecule has 3 aliphatic rings. The van der Waals surface area contributed by atoms with Crippen LogP contribution in [0.15, 0.2) is 33.0 Å². The van der Waals surface area contributed by atoms with Crippen molar-refractivity contribution < 1.29 is 28.7 Å². The van der Waals surface area contributed by atoms with Gasteiger partial charge in [0.2, 0.25) is 17.3 Å². The standard InChI is InChI=1S/C20H18O6/c1-8-7-9-13(22)11-12(15(24)17(9)26-8)20(4)6-5-10(21)19(2,3)18(20)16(25)14(11)23/h7,25H,5-6H2,1-4H3. The first-order valence-electron chi connectivity index (χ1n) is 8.48. The molecule has 0 bridgehead atoms. The van der Waals surface area contributed by atoms with Gasteiger partial charge in [-0.3, -0.25) is 19.2 Å². The number of furan rings is 1. The highest BCUT2D eigenvalue weighted by Gasteiger charge is 2.59. The molecule has 1 fully saturated rings. The van der Waals surface area contributed by atoms with Crippen molar-refractivity contribution in [2.75, 3.05) is 0 Å². The van der Waals surface area contributed by atoms with Crippen molar-refractivity contribution in [2.24, 2.45) is 10.8 Å². The van der Waals surface area contributed by atoms with E-state index in [1.165, 1.54) is 6.07 Å². The number of ketones is 4. The molecule has 0 spiro atoms. The average Bonchev–Trinajstić information content (AvgIpc) is 2.95. The Hall–Kier alpha value is -2.76. The third-order valence-electron chi connectivity index (χ3n) is 5.97. The molecule has 1 heterocycles. The Morgan fingerprint density at radius 2 is 1.69 bits per heavy atom. The van der Waals surface area contributed by atoms with Gasteiger partial charge in [-0.05, 0) is 38.8 Å². The molecule has 1 saturated carbocycles. The van der Waals surface area contributed by atoms with E-state index in [2.05, 4.69) is 0 Å². The zero-order valence-electron chi connectivity index (χ0n) is 15.0. The van der Waals surface area contributed by atoms with Crippen LogP contribution in [0.1, 0.15) is 60.3 Å². The number of allylic oxidation sites excluding steroid dienone is 3. The number of fused-ring (bicyclic) bond motifs is 3. The molecule has 6 heteroatoms. The summed E-state index contributed by atoms with van der Waals surface area (Å²) in [6.45, 7) is 6.59. The molecule has 26 heavy (non-hydrogen) atoms. The summed E-state index contributed by atoms with van der Waals surface area (Å²) in [5.41, 5.74) is -2.16. The molecule has 1 unspecified atom stereocenters. The molecule has 1 aromatic heterocycles. The van der Waals surface area contributed by atoms with Crippen LogP contribution in [0.25, 0.3) is 0 Å². The van der Waals surface area contributed by atoms with Gasteiger partial charge in [0.25, 0.3) is 0 Å². The summed E-state index contributed by atoms with van der Waals surface area (Å²) in [7, 11) is 0. The van der Waals surface area contributed by atoms with E-state index in [1.807, 2.05) is 0 Å². The second-order valence-corrected chi connectivity index (χ2v) is 7.94. The van der Waals surface area contributed by atoms with Gasteiger partial charge in [-0.25, -0.2) is 0 Å². The summed E-state index contributed by atoms with van der Waals surface area (Å²) in [5.74, 6) is -2.40. The van der Waals surface area contributed by atoms with Crippen molar-refractivity contribution in [3.8, 4) is 0 Å². The fraction of sp³-hybridized carbons (Fsp3) is 0.400. The van der Waals surface area contributed by atoms with Crippen molar-refractivity contribution in [3.63, 3.8) is 0 Å². The van der Waals surface area contributed by atoms with Crippen molar-refractivity contribution in [1.82, 2.24) is 0 Å². The lowest BCUT2D eigenvalue weighted by molar-refractivity contribution is -0.128. The van der Waals surface area contributed by atoms with Crippen LogP contribution in [0.5, 0.6) is 0 Å². The minimum absolute atomic E-state index is 0.0442. The van der Waals surface area contributed by atoms with Crippen molar-refractivity contribution in [3.05, 3.63) is 45.6 Å². The number of hydrogen-bond donors (Lipinski definition) is 1. The van der Waals surface area contributed by atoms with Crippen LogP contribution in [-0.4, -0.2) is 28.2 Å². The molecule has 0 aliphatic heterocycles. The lowest BCUT2D eigenvalue weighted by Crippen LogP contribution is -2.49. The molecule has 1 N–H and O–H groups in total. The van der Waals surface area contributed by atoms with Crippen molar-refractivity contribution in [1.29, 1.82) is 0 Å². The molecule has 1 atom stereocenters. The summed E-state index contributed by atoms with van der Waals surface area (Å²) in [6.07, 6.45) is 0.436. The predicted molar refractivity (Wildman–Crippen MR) is 89.9 cm³/mol. The van der Waals surface area contributed by atoms with Crippen LogP contribution >= 0.6 is 0 Å². The summed E-state index contributed by atoms with van der Waals surface area (Å²) in [6, 6.07) is 1.43. The molecule has 0 radical (unpaired) electrons. The number of carbonyl (C=O) groups is 4. The van der Waals surface area contributed by atoms with Crippen LogP contribution in [0.3, 0.4) is 0 Å². The molecule has 0 saturated heterocycles. The highest BCUT2D eigenvalue weighted by atomic mass is 16.3. The van der Waals surface area contributed by atoms with Gasteiger partial charge < -0.3 is 9.52 Å². The molecule has 4 rings (SSSR count). The van der Waals surface area contributed by atoms with Gasteiger partial charge in [0.15, 0.2) is 11.5 Å². The Kier molecular flexibility index (Phi) is 3.01. The summed E-state index contributed by atoms with van der Waals surface area (Å²) >= 11 is 0. The Morgan fingerprint density at radius 1 is 1.04 bits per heavy atom. The maximum atomic E-state index is 13.2. The van der Waals surface area contributed by atoms with E-state index >= 15 is 0 Å². The normalized spacial score (nSPS) is 27.5. The average molecular weight is 354 g/mol. The molecule has 3 aliphatic carbocycles. The largest absolute Gasteiger partial charge is 0.504 e. The Morgan fingerprint density at radius 3 is 2.35 bits per heavy atom. The molecule has 0 amide bonds. The van der Waals surface area contributed by atoms with Crippen LogP contribution in [-0.2, 0) is 9.59 Å². The second-order valence-electron chi connectivity index (χ2n) is 7.94. The summed E-state index contributed by atoms with van der Waals surface area (Å²) < 4.78 is 5.44. The van der Waals surface area contributed by atoms with Gasteiger partial charge in [0, 0.05) is 22.8 Å². The molecule has 134 valence electrons. The summed E-state index contributed by atoms with van der Waals surface area (Å²) in [4.78, 5) is 51.4. The number of aliphatic hydroxyl groups is 1. The van der Waals surface area contributed by atoms with Crippen LogP contribution in [0, 0.1) is 17.8 Å². The van der Waals surface area contributed by atoms with Crippen LogP contribution in [0.4, 0.5) is 0 Å². The highest BCUT2D eigenvalue weighted by Crippen LogP contribution is 2.58. The molecular weight excluding hydrogens is 336 g/mol. The number of rotatable bonds is 0. The first-order valence-corrected chi connectivity index (χ1v) is 8.48. The molecule has 0 aromatic carbocycles. The topological polar surface area (TPSA) is 102 Å². The maximum absolute atomic E-state index is 13.2. The molecule has 1 aromatic rings. The first kappa shape index (κ1) is 16.7. The van der Waals surface area contributed by atoms with E-state index in [0.29, 0.717) is 5.76 Å². The van der Waals surface area contributed by atoms with Crippen molar-refractivity contribution >= 4 is 23.1 Å². The van der Waals surface area contributed by atoms with Gasteiger partial charge in [0.1, 0.15) is 11.5 Å². The van der Waals surface area contributed by atoms with Gasteiger partial charge >= 0.3 is 0 Å². The third-order valence-corrected chi connectivity index (χ3v) is 5.97. The van der Waals surface area contributed by atoms with E-state index in [1.54, 1.807) is 27.7 Å². The quantitative estimate of drug-likeness (QED) is 0.719. The lowest BCUT2D eigenvalue weighted by atomic mass is 9.52. The Bertz CT molecular complexity index is 1010. The minimum atomic E-state index is -1.10. The number of Topliss-reactive ketones (excluding diaryl/α,β-unsaturated/α-hetero) is 4. The minimum Gasteiger partial charge on any atom is -0.504 e. The van der Waals surface area contributed by atoms with Crippen LogP contribution in [0.2, 0.25) is 0 Å². The lowest BCUT2D eigenvalue weighted by Gasteiger charge is -2.48. The van der Waals surface area contributed by atoms with Gasteiger partial charge in [0.05, 0.1) is 11.1 Å². The van der Waals surface area contributed by atoms with Gasteiger partial charge in [-0.2, -0.15) is 0 Å². The first-order chi connectivity index (χ1) is 12.0. The zero-order valence-corrected chi connectivity index (χ0v) is 15.0. The highest BCUT2D eigenvalue weighted by molar-refractivity contribution is 6.40. The van der Waals surface area contributed by atoms with E-state index in [4.69, 9.17) is 4.42 Å². The smallest absolute Gasteiger partial charge is 0.231 e. The second kappa shape index (κ2) is 4.69. The molecular formula is C20H18O6. The predicted octanol–water partition coefficient (Wildman–Crippen LogP) is 3.05. The van der Waals surface area contributed by atoms with E-state index in [9.17, 15) is 24.3 Å². The maximum Gasteiger partial charge on any atom is 0.231 e. The number of carbonyl (C=O) groups excluding carboxylic acids is 4.